The van der Waals surface area contributed by atoms with Crippen LogP contribution < -0.4 is 4.90 Å². The molecule has 5 heteroatoms. The monoisotopic (exact) mass is 284 g/mol. The van der Waals surface area contributed by atoms with Crippen molar-refractivity contribution < 1.29 is 19.2 Å². The quantitative estimate of drug-likeness (QED) is 0.832. The summed E-state index contributed by atoms with van der Waals surface area (Å²) in [6.07, 6.45) is -0.101. The third-order valence-electron chi connectivity index (χ3n) is 3.16. The van der Waals surface area contributed by atoms with Crippen molar-refractivity contribution in [2.45, 2.75) is 13.0 Å². The normalized spacial score (nSPS) is 18.0. The summed E-state index contributed by atoms with van der Waals surface area (Å²) in [6, 6.07) is 6.74. The van der Waals surface area contributed by atoms with Gasteiger partial charge in [-0.15, -0.1) is 0 Å². The minimum Gasteiger partial charge on any atom is -0.453 e. The summed E-state index contributed by atoms with van der Waals surface area (Å²) < 4.78 is 10.7. The first kappa shape index (κ1) is 14.3. The lowest BCUT2D eigenvalue weighted by atomic mass is 10.2. The van der Waals surface area contributed by atoms with E-state index in [-0.39, 0.29) is 12.1 Å². The molecule has 1 heterocycles. The smallest absolute Gasteiger partial charge is 0.338 e. The SMILES string of the molecule is C[C@H](C[NH+]1CCOCC1)OC(=O)c1ccc(Cl)cc1. The Labute approximate surface area is 118 Å². The van der Waals surface area contributed by atoms with Gasteiger partial charge in [-0.1, -0.05) is 11.6 Å². The Morgan fingerprint density at radius 2 is 2.00 bits per heavy atom. The lowest BCUT2D eigenvalue weighted by molar-refractivity contribution is -0.910. The van der Waals surface area contributed by atoms with E-state index in [2.05, 4.69) is 0 Å². The molecule has 1 aliphatic rings. The molecule has 1 saturated heterocycles. The Balaban J connectivity index is 1.82. The minimum absolute atomic E-state index is 0.101. The average Bonchev–Trinajstić information content (AvgIpc) is 2.40. The van der Waals surface area contributed by atoms with E-state index in [9.17, 15) is 4.79 Å². The molecule has 104 valence electrons. The van der Waals surface area contributed by atoms with Gasteiger partial charge < -0.3 is 14.4 Å². The Morgan fingerprint density at radius 1 is 1.37 bits per heavy atom. The molecule has 0 saturated carbocycles. The van der Waals surface area contributed by atoms with Gasteiger partial charge in [0, 0.05) is 5.02 Å². The Bertz CT molecular complexity index is 415. The predicted octanol–water partition coefficient (Wildman–Crippen LogP) is 0.800. The van der Waals surface area contributed by atoms with Gasteiger partial charge in [-0.25, -0.2) is 4.79 Å². The van der Waals surface area contributed by atoms with Gasteiger partial charge in [0.05, 0.1) is 18.8 Å². The highest BCUT2D eigenvalue weighted by Gasteiger charge is 2.20. The number of benzene rings is 1. The molecule has 1 aromatic rings. The van der Waals surface area contributed by atoms with Crippen molar-refractivity contribution in [3.63, 3.8) is 0 Å². The van der Waals surface area contributed by atoms with Crippen LogP contribution in [0, 0.1) is 0 Å². The number of carbonyl (C=O) groups excluding carboxylic acids is 1. The summed E-state index contributed by atoms with van der Waals surface area (Å²) in [5.41, 5.74) is 0.535. The van der Waals surface area contributed by atoms with Crippen LogP contribution >= 0.6 is 11.6 Å². The number of nitrogens with one attached hydrogen (secondary N) is 1. The molecular formula is C14H19ClNO3+. The molecule has 4 nitrogen and oxygen atoms in total. The van der Waals surface area contributed by atoms with Crippen molar-refractivity contribution in [2.24, 2.45) is 0 Å². The largest absolute Gasteiger partial charge is 0.453 e. The van der Waals surface area contributed by atoms with Crippen LogP contribution in [0.1, 0.15) is 17.3 Å². The van der Waals surface area contributed by atoms with Crippen molar-refractivity contribution in [1.29, 1.82) is 0 Å². The van der Waals surface area contributed by atoms with Gasteiger partial charge in [0.2, 0.25) is 0 Å². The van der Waals surface area contributed by atoms with Crippen LogP contribution in [0.5, 0.6) is 0 Å². The number of hydrogen-bond acceptors (Lipinski definition) is 3. The minimum atomic E-state index is -0.295. The van der Waals surface area contributed by atoms with Crippen LogP contribution in [-0.4, -0.2) is 44.9 Å². The van der Waals surface area contributed by atoms with Crippen LogP contribution in [-0.2, 0) is 9.47 Å². The maximum Gasteiger partial charge on any atom is 0.338 e. The van der Waals surface area contributed by atoms with Crippen LogP contribution in [0.25, 0.3) is 0 Å². The average molecular weight is 285 g/mol. The fraction of sp³-hybridized carbons (Fsp3) is 0.500. The highest BCUT2D eigenvalue weighted by atomic mass is 35.5. The first-order valence-electron chi connectivity index (χ1n) is 6.53. The summed E-state index contributed by atoms with van der Waals surface area (Å²) in [4.78, 5) is 13.3. The van der Waals surface area contributed by atoms with Crippen LogP contribution in [0.15, 0.2) is 24.3 Å². The standard InChI is InChI=1S/C14H18ClNO3/c1-11(10-16-6-8-18-9-7-16)19-14(17)12-2-4-13(15)5-3-12/h2-5,11H,6-10H2,1H3/p+1/t11-/m1/s1. The summed E-state index contributed by atoms with van der Waals surface area (Å²) in [7, 11) is 0. The van der Waals surface area contributed by atoms with Crippen LogP contribution in [0.4, 0.5) is 0 Å². The summed E-state index contributed by atoms with van der Waals surface area (Å²) >= 11 is 5.78. The second kappa shape index (κ2) is 6.89. The van der Waals surface area contributed by atoms with E-state index in [0.29, 0.717) is 10.6 Å². The fourth-order valence-corrected chi connectivity index (χ4v) is 2.28. The first-order valence-corrected chi connectivity index (χ1v) is 6.91. The van der Waals surface area contributed by atoms with Gasteiger partial charge in [0.1, 0.15) is 25.7 Å². The molecule has 0 aliphatic carbocycles. The third-order valence-corrected chi connectivity index (χ3v) is 3.42. The molecule has 2 rings (SSSR count). The highest BCUT2D eigenvalue weighted by Crippen LogP contribution is 2.10. The van der Waals surface area contributed by atoms with Crippen molar-refractivity contribution in [3.8, 4) is 0 Å². The van der Waals surface area contributed by atoms with E-state index in [1.54, 1.807) is 24.3 Å². The molecule has 0 spiro atoms. The molecule has 1 fully saturated rings. The van der Waals surface area contributed by atoms with Crippen molar-refractivity contribution in [1.82, 2.24) is 0 Å². The third kappa shape index (κ3) is 4.49. The second-order valence-corrected chi connectivity index (χ2v) is 5.23. The molecule has 1 aromatic carbocycles. The summed E-state index contributed by atoms with van der Waals surface area (Å²) in [6.45, 7) is 6.27. The molecule has 1 aliphatic heterocycles. The van der Waals surface area contributed by atoms with E-state index in [1.807, 2.05) is 6.92 Å². The van der Waals surface area contributed by atoms with Crippen molar-refractivity contribution in [2.75, 3.05) is 32.8 Å². The number of ether oxygens (including phenoxy) is 2. The zero-order valence-corrected chi connectivity index (χ0v) is 11.8. The number of morpholine rings is 1. The van der Waals surface area contributed by atoms with Gasteiger partial charge in [0.25, 0.3) is 0 Å². The molecule has 0 radical (unpaired) electrons. The van der Waals surface area contributed by atoms with E-state index in [0.717, 1.165) is 32.8 Å². The zero-order valence-electron chi connectivity index (χ0n) is 11.0. The number of quaternary nitrogens is 1. The molecule has 0 bridgehead atoms. The van der Waals surface area contributed by atoms with E-state index in [4.69, 9.17) is 21.1 Å². The molecule has 0 amide bonds. The topological polar surface area (TPSA) is 40.0 Å². The van der Waals surface area contributed by atoms with Crippen molar-refractivity contribution in [3.05, 3.63) is 34.9 Å². The maximum absolute atomic E-state index is 11.9. The number of carbonyl (C=O) groups is 1. The van der Waals surface area contributed by atoms with E-state index >= 15 is 0 Å². The van der Waals surface area contributed by atoms with E-state index < -0.39 is 0 Å². The van der Waals surface area contributed by atoms with Gasteiger partial charge in [-0.2, -0.15) is 0 Å². The number of hydrogen-bond donors (Lipinski definition) is 1. The predicted molar refractivity (Wildman–Crippen MR) is 72.7 cm³/mol. The lowest BCUT2D eigenvalue weighted by Crippen LogP contribution is -3.15. The zero-order chi connectivity index (χ0) is 13.7. The van der Waals surface area contributed by atoms with E-state index in [1.165, 1.54) is 4.90 Å². The Morgan fingerprint density at radius 3 is 2.63 bits per heavy atom. The van der Waals surface area contributed by atoms with Crippen LogP contribution in [0.2, 0.25) is 5.02 Å². The molecule has 0 aromatic heterocycles. The second-order valence-electron chi connectivity index (χ2n) is 4.79. The Hall–Kier alpha value is -1.10. The lowest BCUT2D eigenvalue weighted by Gasteiger charge is -2.26. The molecular weight excluding hydrogens is 266 g/mol. The number of rotatable bonds is 4. The summed E-state index contributed by atoms with van der Waals surface area (Å²) in [5.74, 6) is -0.295. The van der Waals surface area contributed by atoms with Crippen LogP contribution in [0.3, 0.4) is 0 Å². The highest BCUT2D eigenvalue weighted by molar-refractivity contribution is 6.30. The van der Waals surface area contributed by atoms with Gasteiger partial charge in [0.15, 0.2) is 0 Å². The molecule has 0 unspecified atom stereocenters. The maximum atomic E-state index is 11.9. The first-order chi connectivity index (χ1) is 9.15. The number of halogens is 1. The van der Waals surface area contributed by atoms with Gasteiger partial charge >= 0.3 is 5.97 Å². The van der Waals surface area contributed by atoms with Gasteiger partial charge in [-0.3, -0.25) is 0 Å². The summed E-state index contributed by atoms with van der Waals surface area (Å²) in [5, 5.41) is 0.613. The van der Waals surface area contributed by atoms with Gasteiger partial charge in [-0.05, 0) is 31.2 Å². The number of esters is 1. The molecule has 1 N–H and O–H groups in total. The van der Waals surface area contributed by atoms with Crippen molar-refractivity contribution >= 4 is 17.6 Å². The fourth-order valence-electron chi connectivity index (χ4n) is 2.15. The molecule has 19 heavy (non-hydrogen) atoms. The molecule has 1 atom stereocenters. The Kier molecular flexibility index (Phi) is 5.19.